The average molecular weight is 453 g/mol. The molecule has 3 aromatic heterocycles. The maximum Gasteiger partial charge on any atom is 0.255 e. The fourth-order valence-corrected chi connectivity index (χ4v) is 4.12. The average Bonchev–Trinajstić information content (AvgIpc) is 2.89. The van der Waals surface area contributed by atoms with Crippen LogP contribution in [-0.2, 0) is 0 Å². The Labute approximate surface area is 197 Å². The summed E-state index contributed by atoms with van der Waals surface area (Å²) in [5, 5.41) is 0. The summed E-state index contributed by atoms with van der Waals surface area (Å²) >= 11 is 0. The van der Waals surface area contributed by atoms with Gasteiger partial charge in [-0.2, -0.15) is 0 Å². The number of likely N-dealkylation sites (tertiary alicyclic amines) is 1. The van der Waals surface area contributed by atoms with Crippen molar-refractivity contribution in [2.24, 2.45) is 0 Å². The molecule has 1 atom stereocenters. The van der Waals surface area contributed by atoms with Gasteiger partial charge in [0.25, 0.3) is 5.91 Å². The molecule has 0 N–H and O–H groups in total. The molecule has 0 aliphatic carbocycles. The van der Waals surface area contributed by atoms with E-state index >= 15 is 0 Å². The Bertz CT molecular complexity index is 1280. The third-order valence-electron chi connectivity index (χ3n) is 5.84. The van der Waals surface area contributed by atoms with Gasteiger partial charge in [0.2, 0.25) is 5.88 Å². The number of ether oxygens (including phenoxy) is 1. The molecule has 34 heavy (non-hydrogen) atoms. The first-order chi connectivity index (χ1) is 16.7. The van der Waals surface area contributed by atoms with Crippen LogP contribution in [0.1, 0.15) is 40.4 Å². The molecule has 1 aromatic carbocycles. The quantitative estimate of drug-likeness (QED) is 0.442. The summed E-state index contributed by atoms with van der Waals surface area (Å²) in [6.07, 6.45) is 11.7. The van der Waals surface area contributed by atoms with Gasteiger partial charge >= 0.3 is 0 Å². The Morgan fingerprint density at radius 2 is 1.91 bits per heavy atom. The van der Waals surface area contributed by atoms with E-state index in [4.69, 9.17) is 4.74 Å². The SMILES string of the molecule is Cc1cccc(Oc2cncc(C3CCCN(C(=O)c4ccc(-c5cncnc5)nc4)C3)n2)c1. The summed E-state index contributed by atoms with van der Waals surface area (Å²) in [5.41, 5.74) is 4.05. The van der Waals surface area contributed by atoms with Gasteiger partial charge in [-0.05, 0) is 49.6 Å². The molecule has 1 saturated heterocycles. The first-order valence-electron chi connectivity index (χ1n) is 11.2. The normalized spacial score (nSPS) is 15.7. The number of benzene rings is 1. The lowest BCUT2D eigenvalue weighted by atomic mass is 9.94. The maximum absolute atomic E-state index is 13.2. The van der Waals surface area contributed by atoms with Crippen molar-refractivity contribution in [2.75, 3.05) is 13.1 Å². The minimum absolute atomic E-state index is 0.0341. The molecule has 1 unspecified atom stereocenters. The zero-order valence-corrected chi connectivity index (χ0v) is 18.8. The Morgan fingerprint density at radius 1 is 1.03 bits per heavy atom. The predicted octanol–water partition coefficient (Wildman–Crippen LogP) is 4.45. The molecule has 1 fully saturated rings. The van der Waals surface area contributed by atoms with E-state index in [0.29, 0.717) is 24.5 Å². The van der Waals surface area contributed by atoms with Crippen LogP contribution in [0.3, 0.4) is 0 Å². The van der Waals surface area contributed by atoms with E-state index in [1.165, 1.54) is 6.33 Å². The van der Waals surface area contributed by atoms with Crippen molar-refractivity contribution in [2.45, 2.75) is 25.7 Å². The molecule has 0 radical (unpaired) electrons. The first kappa shape index (κ1) is 21.6. The van der Waals surface area contributed by atoms with Gasteiger partial charge in [-0.25, -0.2) is 15.0 Å². The number of piperidine rings is 1. The van der Waals surface area contributed by atoms with Crippen molar-refractivity contribution in [3.05, 3.63) is 90.5 Å². The molecule has 1 amide bonds. The van der Waals surface area contributed by atoms with Crippen molar-refractivity contribution in [3.8, 4) is 22.9 Å². The van der Waals surface area contributed by atoms with Gasteiger partial charge in [0.05, 0.1) is 23.1 Å². The molecular weight excluding hydrogens is 428 g/mol. The highest BCUT2D eigenvalue weighted by molar-refractivity contribution is 5.94. The van der Waals surface area contributed by atoms with E-state index < -0.39 is 0 Å². The summed E-state index contributed by atoms with van der Waals surface area (Å²) < 4.78 is 5.91. The van der Waals surface area contributed by atoms with Crippen molar-refractivity contribution in [1.82, 2.24) is 29.8 Å². The smallest absolute Gasteiger partial charge is 0.255 e. The molecule has 4 heterocycles. The number of hydrogen-bond donors (Lipinski definition) is 0. The molecule has 8 nitrogen and oxygen atoms in total. The molecule has 0 bridgehead atoms. The van der Waals surface area contributed by atoms with Gasteiger partial charge < -0.3 is 9.64 Å². The first-order valence-corrected chi connectivity index (χ1v) is 11.2. The highest BCUT2D eigenvalue weighted by Gasteiger charge is 2.27. The van der Waals surface area contributed by atoms with E-state index in [1.54, 1.807) is 37.1 Å². The highest BCUT2D eigenvalue weighted by atomic mass is 16.5. The standard InChI is InChI=1S/C26H24N6O2/c1-18-4-2-6-22(10-18)34-25-15-27-14-24(31-25)20-5-3-9-32(16-20)26(33)19-7-8-23(30-13-19)21-11-28-17-29-12-21/h2,4,6-8,10-15,17,20H,3,5,9,16H2,1H3. The second kappa shape index (κ2) is 9.74. The number of nitrogens with zero attached hydrogens (tertiary/aromatic N) is 6. The van der Waals surface area contributed by atoms with Crippen molar-refractivity contribution in [3.63, 3.8) is 0 Å². The second-order valence-corrected chi connectivity index (χ2v) is 8.35. The summed E-state index contributed by atoms with van der Waals surface area (Å²) in [6, 6.07) is 11.4. The number of carbonyl (C=O) groups excluding carboxylic acids is 1. The summed E-state index contributed by atoms with van der Waals surface area (Å²) in [5.74, 6) is 1.24. The Morgan fingerprint density at radius 3 is 2.71 bits per heavy atom. The summed E-state index contributed by atoms with van der Waals surface area (Å²) in [6.45, 7) is 3.30. The monoisotopic (exact) mass is 452 g/mol. The highest BCUT2D eigenvalue weighted by Crippen LogP contribution is 2.28. The summed E-state index contributed by atoms with van der Waals surface area (Å²) in [4.78, 5) is 36.5. The van der Waals surface area contributed by atoms with Crippen LogP contribution in [0.25, 0.3) is 11.3 Å². The fraction of sp³-hybridized carbons (Fsp3) is 0.231. The van der Waals surface area contributed by atoms with Crippen LogP contribution >= 0.6 is 0 Å². The molecule has 5 rings (SSSR count). The Kier molecular flexibility index (Phi) is 6.20. The second-order valence-electron chi connectivity index (χ2n) is 8.35. The van der Waals surface area contributed by atoms with Crippen LogP contribution in [0.2, 0.25) is 0 Å². The number of hydrogen-bond acceptors (Lipinski definition) is 7. The van der Waals surface area contributed by atoms with E-state index in [-0.39, 0.29) is 11.8 Å². The molecule has 8 heteroatoms. The van der Waals surface area contributed by atoms with E-state index in [1.807, 2.05) is 42.2 Å². The topological polar surface area (TPSA) is 94.0 Å². The third-order valence-corrected chi connectivity index (χ3v) is 5.84. The van der Waals surface area contributed by atoms with Crippen LogP contribution < -0.4 is 4.74 Å². The van der Waals surface area contributed by atoms with E-state index in [9.17, 15) is 4.79 Å². The van der Waals surface area contributed by atoms with Gasteiger partial charge in [0.15, 0.2) is 0 Å². The van der Waals surface area contributed by atoms with Crippen LogP contribution in [0, 0.1) is 6.92 Å². The predicted molar refractivity (Wildman–Crippen MR) is 126 cm³/mol. The molecule has 1 aliphatic rings. The molecule has 0 spiro atoms. The lowest BCUT2D eigenvalue weighted by Gasteiger charge is -2.32. The van der Waals surface area contributed by atoms with Gasteiger partial charge in [-0.1, -0.05) is 12.1 Å². The minimum Gasteiger partial charge on any atom is -0.437 e. The molecular formula is C26H24N6O2. The van der Waals surface area contributed by atoms with Gasteiger partial charge in [-0.3, -0.25) is 14.8 Å². The minimum atomic E-state index is -0.0341. The molecule has 0 saturated carbocycles. The molecule has 170 valence electrons. The van der Waals surface area contributed by atoms with Crippen LogP contribution in [0.5, 0.6) is 11.6 Å². The molecule has 1 aliphatic heterocycles. The maximum atomic E-state index is 13.2. The van der Waals surface area contributed by atoms with Crippen molar-refractivity contribution in [1.29, 1.82) is 0 Å². The van der Waals surface area contributed by atoms with Gasteiger partial charge in [0.1, 0.15) is 12.1 Å². The number of amides is 1. The lowest BCUT2D eigenvalue weighted by molar-refractivity contribution is 0.0705. The number of aromatic nitrogens is 5. The lowest BCUT2D eigenvalue weighted by Crippen LogP contribution is -2.39. The Balaban J connectivity index is 1.28. The fourth-order valence-electron chi connectivity index (χ4n) is 4.12. The molecule has 4 aromatic rings. The number of rotatable bonds is 5. The Hall–Kier alpha value is -4.20. The summed E-state index contributed by atoms with van der Waals surface area (Å²) in [7, 11) is 0. The van der Waals surface area contributed by atoms with Crippen LogP contribution in [0.4, 0.5) is 0 Å². The van der Waals surface area contributed by atoms with Crippen LogP contribution in [0.15, 0.2) is 73.7 Å². The third kappa shape index (κ3) is 4.91. The van der Waals surface area contributed by atoms with Gasteiger partial charge in [-0.15, -0.1) is 0 Å². The number of aryl methyl sites for hydroxylation is 1. The number of pyridine rings is 1. The van der Waals surface area contributed by atoms with Gasteiger partial charge in [0, 0.05) is 49.4 Å². The zero-order valence-electron chi connectivity index (χ0n) is 18.8. The van der Waals surface area contributed by atoms with Crippen molar-refractivity contribution >= 4 is 5.91 Å². The van der Waals surface area contributed by atoms with E-state index in [0.717, 1.165) is 41.1 Å². The van der Waals surface area contributed by atoms with Crippen LogP contribution in [-0.4, -0.2) is 48.8 Å². The number of carbonyl (C=O) groups is 1. The largest absolute Gasteiger partial charge is 0.437 e. The van der Waals surface area contributed by atoms with E-state index in [2.05, 4.69) is 24.9 Å². The van der Waals surface area contributed by atoms with Crippen molar-refractivity contribution < 1.29 is 9.53 Å². The zero-order chi connectivity index (χ0) is 23.3.